The van der Waals surface area contributed by atoms with Crippen molar-refractivity contribution in [1.29, 1.82) is 0 Å². The lowest BCUT2D eigenvalue weighted by Crippen LogP contribution is -2.36. The zero-order valence-electron chi connectivity index (χ0n) is 14.7. The number of methoxy groups -OCH3 is 1. The minimum absolute atomic E-state index is 0.0365. The van der Waals surface area contributed by atoms with Crippen molar-refractivity contribution in [2.75, 3.05) is 13.7 Å². The molecule has 0 aromatic heterocycles. The van der Waals surface area contributed by atoms with Gasteiger partial charge in [-0.05, 0) is 36.6 Å². The molecule has 1 amide bonds. The summed E-state index contributed by atoms with van der Waals surface area (Å²) in [4.78, 5) is 26.9. The number of ether oxygens (including phenoxy) is 1. The lowest BCUT2D eigenvalue weighted by molar-refractivity contribution is -0.132. The van der Waals surface area contributed by atoms with Gasteiger partial charge in [-0.15, -0.1) is 0 Å². The second-order valence-corrected chi connectivity index (χ2v) is 6.46. The van der Waals surface area contributed by atoms with Crippen LogP contribution < -0.4 is 4.74 Å². The number of hydrogen-bond donors (Lipinski definition) is 0. The van der Waals surface area contributed by atoms with Crippen molar-refractivity contribution in [3.8, 4) is 5.75 Å². The fourth-order valence-electron chi connectivity index (χ4n) is 3.26. The van der Waals surface area contributed by atoms with Gasteiger partial charge in [0.15, 0.2) is 5.78 Å². The molecule has 0 fully saturated rings. The Kier molecular flexibility index (Phi) is 5.17. The summed E-state index contributed by atoms with van der Waals surface area (Å²) in [5.74, 6) is 0.552. The molecule has 1 heterocycles. The molecule has 0 spiro atoms. The van der Waals surface area contributed by atoms with Crippen LogP contribution in [0.4, 0.5) is 0 Å². The maximum Gasteiger partial charge on any atom is 0.223 e. The van der Waals surface area contributed by atoms with E-state index in [1.807, 2.05) is 36.1 Å². The standard InChI is InChI=1S/C21H23NO3/c1-15-7-9-20(25-2)18(13-15)19(23)8-10-21(24)22-12-11-16-5-3-4-6-17(16)14-22/h3-7,9,13H,8,10-12,14H2,1-2H3. The van der Waals surface area contributed by atoms with Gasteiger partial charge >= 0.3 is 0 Å². The summed E-state index contributed by atoms with van der Waals surface area (Å²) in [6.45, 7) is 3.29. The Morgan fingerprint density at radius 2 is 1.84 bits per heavy atom. The molecule has 2 aromatic rings. The largest absolute Gasteiger partial charge is 0.496 e. The van der Waals surface area contributed by atoms with Crippen LogP contribution in [0.1, 0.15) is 39.9 Å². The molecule has 130 valence electrons. The maximum atomic E-state index is 12.5. The molecule has 0 bridgehead atoms. The minimum Gasteiger partial charge on any atom is -0.496 e. The second kappa shape index (κ2) is 7.51. The SMILES string of the molecule is COc1ccc(C)cc1C(=O)CCC(=O)N1CCc2ccccc2C1. The van der Waals surface area contributed by atoms with Crippen LogP contribution in [0.25, 0.3) is 0 Å². The number of carbonyl (C=O) groups is 2. The van der Waals surface area contributed by atoms with Gasteiger partial charge in [0.25, 0.3) is 0 Å². The maximum absolute atomic E-state index is 12.5. The highest BCUT2D eigenvalue weighted by molar-refractivity contribution is 6.00. The highest BCUT2D eigenvalue weighted by atomic mass is 16.5. The molecule has 1 aliphatic heterocycles. The van der Waals surface area contributed by atoms with E-state index < -0.39 is 0 Å². The van der Waals surface area contributed by atoms with Gasteiger partial charge in [0.1, 0.15) is 5.75 Å². The Balaban J connectivity index is 1.61. The topological polar surface area (TPSA) is 46.6 Å². The Morgan fingerprint density at radius 3 is 2.60 bits per heavy atom. The fraction of sp³-hybridized carbons (Fsp3) is 0.333. The van der Waals surface area contributed by atoms with Crippen LogP contribution in [0.3, 0.4) is 0 Å². The van der Waals surface area contributed by atoms with Gasteiger partial charge in [0, 0.05) is 25.9 Å². The molecule has 0 aliphatic carbocycles. The molecule has 0 radical (unpaired) electrons. The number of Topliss-reactive ketones (excluding diaryl/α,β-unsaturated/α-hetero) is 1. The molecule has 0 unspecified atom stereocenters. The van der Waals surface area contributed by atoms with E-state index in [9.17, 15) is 9.59 Å². The van der Waals surface area contributed by atoms with E-state index in [4.69, 9.17) is 4.74 Å². The van der Waals surface area contributed by atoms with Crippen molar-refractivity contribution >= 4 is 11.7 Å². The van der Waals surface area contributed by atoms with Crippen molar-refractivity contribution in [2.24, 2.45) is 0 Å². The Hall–Kier alpha value is -2.62. The molecule has 0 N–H and O–H groups in total. The first-order chi connectivity index (χ1) is 12.1. The Morgan fingerprint density at radius 1 is 1.08 bits per heavy atom. The zero-order valence-corrected chi connectivity index (χ0v) is 14.7. The number of aryl methyl sites for hydroxylation is 1. The van der Waals surface area contributed by atoms with E-state index >= 15 is 0 Å². The Bertz CT molecular complexity index is 797. The third-order valence-electron chi connectivity index (χ3n) is 4.70. The number of fused-ring (bicyclic) bond motifs is 1. The lowest BCUT2D eigenvalue weighted by atomic mass is 9.99. The molecule has 2 aromatic carbocycles. The van der Waals surface area contributed by atoms with E-state index in [0.717, 1.165) is 18.5 Å². The predicted octanol–water partition coefficient (Wildman–Crippen LogP) is 3.55. The summed E-state index contributed by atoms with van der Waals surface area (Å²) in [7, 11) is 1.55. The summed E-state index contributed by atoms with van der Waals surface area (Å²) < 4.78 is 5.27. The van der Waals surface area contributed by atoms with Crippen LogP contribution in [-0.4, -0.2) is 30.2 Å². The lowest BCUT2D eigenvalue weighted by Gasteiger charge is -2.28. The first-order valence-electron chi connectivity index (χ1n) is 8.61. The number of benzene rings is 2. The van der Waals surface area contributed by atoms with Crippen LogP contribution in [0.2, 0.25) is 0 Å². The summed E-state index contributed by atoms with van der Waals surface area (Å²) in [6, 6.07) is 13.7. The van der Waals surface area contributed by atoms with Crippen LogP contribution in [0.5, 0.6) is 5.75 Å². The van der Waals surface area contributed by atoms with Crippen molar-refractivity contribution in [3.05, 3.63) is 64.7 Å². The molecular weight excluding hydrogens is 314 g/mol. The van der Waals surface area contributed by atoms with Crippen LogP contribution >= 0.6 is 0 Å². The predicted molar refractivity (Wildman–Crippen MR) is 96.9 cm³/mol. The molecule has 0 saturated carbocycles. The second-order valence-electron chi connectivity index (χ2n) is 6.46. The molecule has 4 nitrogen and oxygen atoms in total. The fourth-order valence-corrected chi connectivity index (χ4v) is 3.26. The smallest absolute Gasteiger partial charge is 0.223 e. The quantitative estimate of drug-likeness (QED) is 0.784. The first kappa shape index (κ1) is 17.2. The summed E-state index contributed by atoms with van der Waals surface area (Å²) in [5.41, 5.74) is 4.07. The van der Waals surface area contributed by atoms with Gasteiger partial charge in [-0.2, -0.15) is 0 Å². The molecule has 0 atom stereocenters. The van der Waals surface area contributed by atoms with Crippen molar-refractivity contribution in [1.82, 2.24) is 4.90 Å². The van der Waals surface area contributed by atoms with Gasteiger partial charge in [-0.1, -0.05) is 35.9 Å². The van der Waals surface area contributed by atoms with Crippen molar-refractivity contribution < 1.29 is 14.3 Å². The zero-order chi connectivity index (χ0) is 17.8. The van der Waals surface area contributed by atoms with Crippen LogP contribution in [0.15, 0.2) is 42.5 Å². The van der Waals surface area contributed by atoms with Gasteiger partial charge < -0.3 is 9.64 Å². The van der Waals surface area contributed by atoms with Gasteiger partial charge in [0.05, 0.1) is 12.7 Å². The van der Waals surface area contributed by atoms with Crippen LogP contribution in [-0.2, 0) is 17.8 Å². The van der Waals surface area contributed by atoms with Gasteiger partial charge in [-0.25, -0.2) is 0 Å². The van der Waals surface area contributed by atoms with Gasteiger partial charge in [-0.3, -0.25) is 9.59 Å². The average molecular weight is 337 g/mol. The molecule has 3 rings (SSSR count). The number of hydrogen-bond acceptors (Lipinski definition) is 3. The van der Waals surface area contributed by atoms with E-state index in [-0.39, 0.29) is 24.5 Å². The minimum atomic E-state index is -0.0497. The van der Waals surface area contributed by atoms with Crippen LogP contribution in [0, 0.1) is 6.92 Å². The molecular formula is C21H23NO3. The molecule has 1 aliphatic rings. The molecule has 25 heavy (non-hydrogen) atoms. The van der Waals surface area contributed by atoms with Crippen molar-refractivity contribution in [2.45, 2.75) is 32.7 Å². The highest BCUT2D eigenvalue weighted by Crippen LogP contribution is 2.23. The van der Waals surface area contributed by atoms with Gasteiger partial charge in [0.2, 0.25) is 5.91 Å². The molecule has 0 saturated heterocycles. The number of amides is 1. The number of rotatable bonds is 5. The van der Waals surface area contributed by atoms with E-state index in [1.54, 1.807) is 13.2 Å². The highest BCUT2D eigenvalue weighted by Gasteiger charge is 2.21. The van der Waals surface area contributed by atoms with Crippen molar-refractivity contribution in [3.63, 3.8) is 0 Å². The normalized spacial score (nSPS) is 13.3. The Labute approximate surface area is 148 Å². The number of ketones is 1. The summed E-state index contributed by atoms with van der Waals surface area (Å²) in [5, 5.41) is 0. The van der Waals surface area contributed by atoms with E-state index in [0.29, 0.717) is 17.9 Å². The third kappa shape index (κ3) is 3.90. The average Bonchev–Trinajstić information content (AvgIpc) is 2.65. The third-order valence-corrected chi connectivity index (χ3v) is 4.70. The van der Waals surface area contributed by atoms with E-state index in [2.05, 4.69) is 12.1 Å². The monoisotopic (exact) mass is 337 g/mol. The molecule has 4 heteroatoms. The van der Waals surface area contributed by atoms with E-state index in [1.165, 1.54) is 11.1 Å². The number of carbonyl (C=O) groups excluding carboxylic acids is 2. The number of nitrogens with zero attached hydrogens (tertiary/aromatic N) is 1. The first-order valence-corrected chi connectivity index (χ1v) is 8.61. The summed E-state index contributed by atoms with van der Waals surface area (Å²) in [6.07, 6.45) is 1.32. The summed E-state index contributed by atoms with van der Waals surface area (Å²) >= 11 is 0.